The highest BCUT2D eigenvalue weighted by Gasteiger charge is 2.29. The summed E-state index contributed by atoms with van der Waals surface area (Å²) in [5, 5.41) is 3.38. The number of ether oxygens (including phenoxy) is 1. The molecule has 0 saturated carbocycles. The maximum Gasteiger partial charge on any atom is 0.242 e. The molecular weight excluding hydrogens is 526 g/mol. The van der Waals surface area contributed by atoms with Crippen LogP contribution in [0.1, 0.15) is 57.1 Å². The van der Waals surface area contributed by atoms with Gasteiger partial charge >= 0.3 is 0 Å². The van der Waals surface area contributed by atoms with E-state index < -0.39 is 16.1 Å². The minimum Gasteiger partial charge on any atom is -0.497 e. The number of anilines is 1. The molecule has 0 aliphatic carbocycles. The summed E-state index contributed by atoms with van der Waals surface area (Å²) in [7, 11) is -2.03. The van der Waals surface area contributed by atoms with Crippen molar-refractivity contribution in [3.63, 3.8) is 0 Å². The van der Waals surface area contributed by atoms with Gasteiger partial charge in [-0.3, -0.25) is 13.9 Å². The highest BCUT2D eigenvalue weighted by Crippen LogP contribution is 2.27. The molecule has 2 aromatic rings. The van der Waals surface area contributed by atoms with Crippen molar-refractivity contribution in [1.82, 2.24) is 10.2 Å². The van der Waals surface area contributed by atoms with Crippen molar-refractivity contribution in [3.05, 3.63) is 58.6 Å². The Morgan fingerprint density at radius 3 is 2.47 bits per heavy atom. The van der Waals surface area contributed by atoms with Crippen LogP contribution in [0.2, 0.25) is 5.02 Å². The van der Waals surface area contributed by atoms with Gasteiger partial charge in [0.1, 0.15) is 11.8 Å². The summed E-state index contributed by atoms with van der Waals surface area (Å²) in [5.41, 5.74) is 2.09. The van der Waals surface area contributed by atoms with Gasteiger partial charge < -0.3 is 15.0 Å². The first-order chi connectivity index (χ1) is 18.0. The Kier molecular flexibility index (Phi) is 12.4. The van der Waals surface area contributed by atoms with Gasteiger partial charge in [-0.2, -0.15) is 0 Å². The van der Waals surface area contributed by atoms with E-state index in [2.05, 4.69) is 5.32 Å². The van der Waals surface area contributed by atoms with Crippen LogP contribution in [-0.4, -0.2) is 57.6 Å². The Morgan fingerprint density at radius 1 is 1.11 bits per heavy atom. The second-order valence-corrected chi connectivity index (χ2v) is 11.7. The summed E-state index contributed by atoms with van der Waals surface area (Å²) >= 11 is 6.13. The van der Waals surface area contributed by atoms with E-state index in [1.165, 1.54) is 4.31 Å². The van der Waals surface area contributed by atoms with E-state index in [4.69, 9.17) is 16.3 Å². The van der Waals surface area contributed by atoms with E-state index in [0.717, 1.165) is 30.2 Å². The van der Waals surface area contributed by atoms with Crippen molar-refractivity contribution >= 4 is 39.1 Å². The molecule has 0 aromatic heterocycles. The van der Waals surface area contributed by atoms with E-state index in [1.54, 1.807) is 30.2 Å². The van der Waals surface area contributed by atoms with Crippen LogP contribution in [0.3, 0.4) is 0 Å². The summed E-state index contributed by atoms with van der Waals surface area (Å²) in [6, 6.07) is 11.8. The summed E-state index contributed by atoms with van der Waals surface area (Å²) in [6.07, 6.45) is 3.75. The summed E-state index contributed by atoms with van der Waals surface area (Å²) in [5.74, 6) is 0.252. The quantitative estimate of drug-likeness (QED) is 0.309. The Balaban J connectivity index is 2.25. The molecule has 2 amide bonds. The number of nitrogens with zero attached hydrogens (tertiary/aromatic N) is 2. The van der Waals surface area contributed by atoms with Crippen molar-refractivity contribution < 1.29 is 22.7 Å². The topological polar surface area (TPSA) is 96.0 Å². The number of sulfonamides is 1. The number of hydrogen-bond acceptors (Lipinski definition) is 5. The number of benzene rings is 2. The lowest BCUT2D eigenvalue weighted by molar-refractivity contribution is -0.141. The molecule has 0 heterocycles. The minimum atomic E-state index is -3.61. The number of unbranched alkanes of at least 4 members (excludes halogenated alkanes) is 1. The lowest BCUT2D eigenvalue weighted by Gasteiger charge is -2.31. The van der Waals surface area contributed by atoms with E-state index in [-0.39, 0.29) is 37.7 Å². The van der Waals surface area contributed by atoms with Gasteiger partial charge in [0.05, 0.1) is 19.1 Å². The molecule has 0 unspecified atom stereocenters. The molecule has 0 spiro atoms. The SMILES string of the molecule is CCCCNC(=O)[C@@H](CC)N(Cc1cccc(OC)c1)C(=O)CCCN(c1cc(Cl)ccc1C)S(C)(=O)=O. The lowest BCUT2D eigenvalue weighted by Crippen LogP contribution is -2.49. The standard InChI is InChI=1S/C28H40ClN3O5S/c1-6-8-16-30-28(34)25(7-2)31(20-22-11-9-12-24(18-22)37-4)27(33)13-10-17-32(38(5,35)36)26-19-23(29)15-14-21(26)3/h9,11-12,14-15,18-19,25H,6-8,10,13,16-17,20H2,1-5H3,(H,30,34)/t25-/m1/s1. The minimum absolute atomic E-state index is 0.0777. The smallest absolute Gasteiger partial charge is 0.242 e. The van der Waals surface area contributed by atoms with E-state index >= 15 is 0 Å². The highest BCUT2D eigenvalue weighted by molar-refractivity contribution is 7.92. The Labute approximate surface area is 232 Å². The molecule has 2 rings (SSSR count). The van der Waals surface area contributed by atoms with Crippen molar-refractivity contribution in [1.29, 1.82) is 0 Å². The highest BCUT2D eigenvalue weighted by atomic mass is 35.5. The second kappa shape index (κ2) is 15.0. The van der Waals surface area contributed by atoms with Crippen molar-refractivity contribution in [2.75, 3.05) is 30.8 Å². The molecule has 0 aliphatic rings. The summed E-state index contributed by atoms with van der Waals surface area (Å²) in [6.45, 7) is 6.64. The number of amides is 2. The van der Waals surface area contributed by atoms with Crippen molar-refractivity contribution in [2.24, 2.45) is 0 Å². The molecular formula is C28H40ClN3O5S. The fourth-order valence-corrected chi connectivity index (χ4v) is 5.41. The van der Waals surface area contributed by atoms with Crippen molar-refractivity contribution in [2.45, 2.75) is 65.5 Å². The van der Waals surface area contributed by atoms with Crippen LogP contribution in [0, 0.1) is 6.92 Å². The maximum absolute atomic E-state index is 13.6. The molecule has 0 aliphatic heterocycles. The van der Waals surface area contributed by atoms with E-state index in [0.29, 0.717) is 29.4 Å². The molecule has 0 fully saturated rings. The van der Waals surface area contributed by atoms with Crippen LogP contribution >= 0.6 is 11.6 Å². The van der Waals surface area contributed by atoms with Crippen LogP contribution in [0.4, 0.5) is 5.69 Å². The maximum atomic E-state index is 13.6. The zero-order valence-electron chi connectivity index (χ0n) is 23.0. The van der Waals surface area contributed by atoms with Gasteiger partial charge in [-0.25, -0.2) is 8.42 Å². The predicted octanol–water partition coefficient (Wildman–Crippen LogP) is 4.93. The number of nitrogens with one attached hydrogen (secondary N) is 1. The monoisotopic (exact) mass is 565 g/mol. The second-order valence-electron chi connectivity index (χ2n) is 9.31. The number of aryl methyl sites for hydroxylation is 1. The molecule has 10 heteroatoms. The zero-order valence-corrected chi connectivity index (χ0v) is 24.6. The number of rotatable bonds is 15. The van der Waals surface area contributed by atoms with Crippen LogP contribution in [0.15, 0.2) is 42.5 Å². The summed E-state index contributed by atoms with van der Waals surface area (Å²) in [4.78, 5) is 28.2. The van der Waals surface area contributed by atoms with Gasteiger partial charge in [0, 0.05) is 31.1 Å². The van der Waals surface area contributed by atoms with Crippen LogP contribution < -0.4 is 14.4 Å². The third-order valence-electron chi connectivity index (χ3n) is 6.29. The molecule has 2 aromatic carbocycles. The van der Waals surface area contributed by atoms with Gasteiger partial charge in [-0.15, -0.1) is 0 Å². The molecule has 0 saturated heterocycles. The van der Waals surface area contributed by atoms with Gasteiger partial charge in [-0.1, -0.05) is 50.1 Å². The summed E-state index contributed by atoms with van der Waals surface area (Å²) < 4.78 is 31.8. The average molecular weight is 566 g/mol. The first kappa shape index (κ1) is 31.4. The van der Waals surface area contributed by atoms with Crippen molar-refractivity contribution in [3.8, 4) is 5.75 Å². The largest absolute Gasteiger partial charge is 0.497 e. The molecule has 1 atom stereocenters. The molecule has 1 N–H and O–H groups in total. The molecule has 38 heavy (non-hydrogen) atoms. The van der Waals surface area contributed by atoms with E-state index in [1.807, 2.05) is 45.0 Å². The lowest BCUT2D eigenvalue weighted by atomic mass is 10.1. The molecule has 0 radical (unpaired) electrons. The number of halogens is 1. The molecule has 210 valence electrons. The first-order valence-corrected chi connectivity index (χ1v) is 15.2. The van der Waals surface area contributed by atoms with Gasteiger partial charge in [0.2, 0.25) is 21.8 Å². The third-order valence-corrected chi connectivity index (χ3v) is 7.71. The number of carbonyl (C=O) groups excluding carboxylic acids is 2. The predicted molar refractivity (Wildman–Crippen MR) is 153 cm³/mol. The normalized spacial score (nSPS) is 12.1. The van der Waals surface area contributed by atoms with Gasteiger partial charge in [0.15, 0.2) is 0 Å². The zero-order chi connectivity index (χ0) is 28.3. The number of carbonyl (C=O) groups is 2. The first-order valence-electron chi connectivity index (χ1n) is 13.0. The van der Waals surface area contributed by atoms with E-state index in [9.17, 15) is 18.0 Å². The van der Waals surface area contributed by atoms with Crippen LogP contribution in [0.25, 0.3) is 0 Å². The van der Waals surface area contributed by atoms with Crippen LogP contribution in [-0.2, 0) is 26.2 Å². The number of hydrogen-bond donors (Lipinski definition) is 1. The van der Waals surface area contributed by atoms with Crippen LogP contribution in [0.5, 0.6) is 5.75 Å². The third kappa shape index (κ3) is 9.20. The fraction of sp³-hybridized carbons (Fsp3) is 0.500. The van der Waals surface area contributed by atoms with Gasteiger partial charge in [-0.05, 0) is 61.6 Å². The Bertz CT molecular complexity index is 1190. The van der Waals surface area contributed by atoms with Gasteiger partial charge in [0.25, 0.3) is 0 Å². The number of methoxy groups -OCH3 is 1. The average Bonchev–Trinajstić information content (AvgIpc) is 2.87. The Morgan fingerprint density at radius 2 is 1.84 bits per heavy atom. The Hall–Kier alpha value is -2.78. The molecule has 0 bridgehead atoms. The fourth-order valence-electron chi connectivity index (χ4n) is 4.23. The molecule has 8 nitrogen and oxygen atoms in total.